The molecule has 2 amide bonds. The molecular formula is C42H42N6O6. The number of anilines is 1. The Morgan fingerprint density at radius 1 is 0.981 bits per heavy atom. The Hall–Kier alpha value is -5.75. The predicted octanol–water partition coefficient (Wildman–Crippen LogP) is 5.80. The van der Waals surface area contributed by atoms with Crippen LogP contribution in [0.25, 0.3) is 27.8 Å². The van der Waals surface area contributed by atoms with Gasteiger partial charge in [0.15, 0.2) is 17.7 Å². The van der Waals surface area contributed by atoms with E-state index in [2.05, 4.69) is 75.6 Å². The first-order valence-corrected chi connectivity index (χ1v) is 18.7. The van der Waals surface area contributed by atoms with Crippen molar-refractivity contribution in [2.24, 2.45) is 11.8 Å². The van der Waals surface area contributed by atoms with E-state index in [1.165, 1.54) is 0 Å². The minimum absolute atomic E-state index is 0.156. The molecule has 4 unspecified atom stereocenters. The first-order chi connectivity index (χ1) is 25.9. The average Bonchev–Trinajstić information content (AvgIpc) is 3.94. The molecule has 2 aromatic heterocycles. The van der Waals surface area contributed by atoms with E-state index >= 15 is 0 Å². The molecule has 276 valence electrons. The van der Waals surface area contributed by atoms with Gasteiger partial charge in [0.05, 0.1) is 5.70 Å². The Kier molecular flexibility index (Phi) is 6.92. The summed E-state index contributed by atoms with van der Waals surface area (Å²) in [5.74, 6) is 0.760. The lowest BCUT2D eigenvalue weighted by molar-refractivity contribution is -0.135. The molecule has 54 heavy (non-hydrogen) atoms. The number of allylic oxidation sites excluding steroid dienone is 1. The van der Waals surface area contributed by atoms with Crippen LogP contribution in [0, 0.1) is 18.8 Å². The number of H-pyrrole nitrogens is 1. The Bertz CT molecular complexity index is 2480. The van der Waals surface area contributed by atoms with Crippen LogP contribution in [0.5, 0.6) is 5.75 Å². The highest BCUT2D eigenvalue weighted by Crippen LogP contribution is 2.61. The van der Waals surface area contributed by atoms with Crippen molar-refractivity contribution in [3.63, 3.8) is 0 Å². The summed E-state index contributed by atoms with van der Waals surface area (Å²) in [6.45, 7) is 11.6. The van der Waals surface area contributed by atoms with Gasteiger partial charge in [-0.2, -0.15) is 0 Å². The number of aliphatic hydroxyl groups excluding tert-OH is 1. The fraction of sp³-hybridized carbons (Fsp3) is 0.357. The maximum atomic E-state index is 14.2. The summed E-state index contributed by atoms with van der Waals surface area (Å²) in [6.07, 6.45) is -2.44. The third-order valence-electron chi connectivity index (χ3n) is 11.8. The second kappa shape index (κ2) is 11.4. The molecule has 7 heterocycles. The molecule has 10 bridgehead atoms. The first-order valence-electron chi connectivity index (χ1n) is 18.7. The lowest BCUT2D eigenvalue weighted by atomic mass is 9.72. The number of rotatable bonds is 4. The van der Waals surface area contributed by atoms with Gasteiger partial charge in [-0.1, -0.05) is 70.2 Å². The van der Waals surface area contributed by atoms with Crippen molar-refractivity contribution in [2.75, 3.05) is 5.32 Å². The van der Waals surface area contributed by atoms with Crippen LogP contribution < -0.4 is 26.0 Å². The SMILES string of the molecule is CC1=C2OC(N1)c1nc3oc1C14c5cc(ccc5OC1Nc1c(cccc14)-c1cccc4[nH]c(C)c2c14)C[C@H](NC(=O)[C@@H](O)C(C)C)C(=O)NC3C(C)C. The molecule has 5 aromatic rings. The Morgan fingerprint density at radius 2 is 1.78 bits per heavy atom. The summed E-state index contributed by atoms with van der Waals surface area (Å²) in [7, 11) is 0. The molecular weight excluding hydrogens is 684 g/mol. The number of oxazole rings is 1. The van der Waals surface area contributed by atoms with Gasteiger partial charge < -0.3 is 45.2 Å². The minimum Gasteiger partial charge on any atom is -0.469 e. The van der Waals surface area contributed by atoms with Gasteiger partial charge >= 0.3 is 0 Å². The molecule has 5 aliphatic rings. The van der Waals surface area contributed by atoms with Gasteiger partial charge in [0, 0.05) is 51.0 Å². The summed E-state index contributed by atoms with van der Waals surface area (Å²) in [6, 6.07) is 16.9. The summed E-state index contributed by atoms with van der Waals surface area (Å²) in [4.78, 5) is 36.3. The smallest absolute Gasteiger partial charge is 0.249 e. The molecule has 0 fully saturated rings. The molecule has 6 N–H and O–H groups in total. The number of benzene rings is 3. The van der Waals surface area contributed by atoms with E-state index in [1.54, 1.807) is 13.8 Å². The van der Waals surface area contributed by atoms with Gasteiger partial charge in [-0.3, -0.25) is 9.59 Å². The van der Waals surface area contributed by atoms with Crippen molar-refractivity contribution in [1.82, 2.24) is 25.9 Å². The lowest BCUT2D eigenvalue weighted by Gasteiger charge is -2.29. The minimum atomic E-state index is -1.27. The van der Waals surface area contributed by atoms with E-state index < -0.39 is 47.9 Å². The summed E-state index contributed by atoms with van der Waals surface area (Å²) >= 11 is 0. The van der Waals surface area contributed by atoms with Crippen molar-refractivity contribution in [2.45, 2.75) is 84.0 Å². The van der Waals surface area contributed by atoms with E-state index in [0.29, 0.717) is 23.1 Å². The molecule has 12 heteroatoms. The maximum Gasteiger partial charge on any atom is 0.249 e. The van der Waals surface area contributed by atoms with Crippen LogP contribution in [0.2, 0.25) is 0 Å². The number of nitrogens with zero attached hydrogens (tertiary/aromatic N) is 1. The lowest BCUT2D eigenvalue weighted by Crippen LogP contribution is -2.52. The van der Waals surface area contributed by atoms with Gasteiger partial charge in [-0.05, 0) is 48.9 Å². The van der Waals surface area contributed by atoms with Crippen molar-refractivity contribution in [3.05, 3.63) is 106 Å². The summed E-state index contributed by atoms with van der Waals surface area (Å²) in [5.41, 5.74) is 8.95. The van der Waals surface area contributed by atoms with Crippen molar-refractivity contribution in [1.29, 1.82) is 0 Å². The van der Waals surface area contributed by atoms with Gasteiger partial charge in [0.2, 0.25) is 23.9 Å². The number of aromatic nitrogens is 2. The van der Waals surface area contributed by atoms with Gasteiger partial charge in [-0.15, -0.1) is 0 Å². The number of fused-ring (bicyclic) bond motifs is 7. The van der Waals surface area contributed by atoms with Crippen LogP contribution in [0.3, 0.4) is 0 Å². The number of amides is 2. The fourth-order valence-electron chi connectivity index (χ4n) is 9.12. The Morgan fingerprint density at radius 3 is 2.57 bits per heavy atom. The number of hydrogen-bond acceptors (Lipinski definition) is 9. The zero-order valence-electron chi connectivity index (χ0n) is 30.9. The van der Waals surface area contributed by atoms with E-state index in [9.17, 15) is 14.7 Å². The number of nitrogens with one attached hydrogen (secondary N) is 5. The second-order valence-corrected chi connectivity index (χ2v) is 15.9. The van der Waals surface area contributed by atoms with Crippen molar-refractivity contribution in [3.8, 4) is 16.9 Å². The highest BCUT2D eigenvalue weighted by molar-refractivity contribution is 6.06. The largest absolute Gasteiger partial charge is 0.469 e. The summed E-state index contributed by atoms with van der Waals surface area (Å²) < 4.78 is 20.9. The number of aliphatic hydroxyl groups is 1. The summed E-state index contributed by atoms with van der Waals surface area (Å²) in [5, 5.41) is 25.1. The van der Waals surface area contributed by atoms with Crippen molar-refractivity contribution < 1.29 is 28.6 Å². The third kappa shape index (κ3) is 4.37. The second-order valence-electron chi connectivity index (χ2n) is 15.9. The molecule has 3 aromatic carbocycles. The first kappa shape index (κ1) is 32.9. The molecule has 0 saturated heterocycles. The number of para-hydroxylation sites is 1. The molecule has 1 spiro atoms. The molecule has 6 atom stereocenters. The van der Waals surface area contributed by atoms with E-state index in [-0.39, 0.29) is 18.3 Å². The van der Waals surface area contributed by atoms with Gasteiger partial charge in [0.25, 0.3) is 0 Å². The molecule has 0 saturated carbocycles. The number of carbonyl (C=O) groups is 2. The number of aryl methyl sites for hydroxylation is 1. The standard InChI is InChI=1S/C42H42N6O6/c1-17(2)31-39-47-33-36(54-39)42-24-11-7-10-23(22-9-8-12-26-30(22)29(19(5)43-26)35-20(6)44-40(33)53-35)32(24)48-41(42)52-28-14-13-21(15-25(28)42)16-27(37(50)46-31)45-38(51)34(49)18(3)4/h7-15,17-18,27,31,34,40-41,43-44,48-49H,16H2,1-6H3,(H,45,51)(H,46,50)/t27-,31?,34-,40?,41?,42?/m0/s1. The zero-order valence-corrected chi connectivity index (χ0v) is 30.9. The molecule has 10 rings (SSSR count). The quantitative estimate of drug-likeness (QED) is 0.134. The highest BCUT2D eigenvalue weighted by Gasteiger charge is 2.62. The van der Waals surface area contributed by atoms with E-state index in [0.717, 1.165) is 67.1 Å². The van der Waals surface area contributed by atoms with Crippen LogP contribution in [-0.2, 0) is 26.2 Å². The maximum absolute atomic E-state index is 14.2. The number of ether oxygens (including phenoxy) is 2. The number of carbonyl (C=O) groups excluding carboxylic acids is 2. The highest BCUT2D eigenvalue weighted by atomic mass is 16.5. The van der Waals surface area contributed by atoms with Gasteiger partial charge in [0.1, 0.15) is 35.0 Å². The monoisotopic (exact) mass is 726 g/mol. The predicted molar refractivity (Wildman–Crippen MR) is 201 cm³/mol. The van der Waals surface area contributed by atoms with Crippen LogP contribution >= 0.6 is 0 Å². The van der Waals surface area contributed by atoms with E-state index in [1.807, 2.05) is 32.9 Å². The van der Waals surface area contributed by atoms with Crippen LogP contribution in [0.15, 0.2) is 64.7 Å². The molecule has 0 aliphatic carbocycles. The fourth-order valence-corrected chi connectivity index (χ4v) is 9.12. The topological polar surface area (TPSA) is 163 Å². The average molecular weight is 727 g/mol. The van der Waals surface area contributed by atoms with Crippen molar-refractivity contribution >= 4 is 34.2 Å². The Balaban J connectivity index is 1.27. The number of aromatic amines is 1. The van der Waals surface area contributed by atoms with E-state index in [4.69, 9.17) is 18.9 Å². The van der Waals surface area contributed by atoms with Crippen LogP contribution in [0.4, 0.5) is 5.69 Å². The molecule has 12 nitrogen and oxygen atoms in total. The van der Waals surface area contributed by atoms with Crippen LogP contribution in [-0.4, -0.2) is 45.3 Å². The zero-order chi connectivity index (χ0) is 37.4. The third-order valence-corrected chi connectivity index (χ3v) is 11.8. The molecule has 5 aliphatic heterocycles. The Labute approximate surface area is 311 Å². The normalized spacial score (nSPS) is 24.9. The molecule has 0 radical (unpaired) electrons. The number of hydrogen-bond donors (Lipinski definition) is 6. The van der Waals surface area contributed by atoms with Gasteiger partial charge in [-0.25, -0.2) is 4.98 Å². The van der Waals surface area contributed by atoms with Crippen LogP contribution in [0.1, 0.15) is 92.2 Å².